The fraction of sp³-hybridized carbons (Fsp3) is 0.273. The molecule has 0 saturated heterocycles. The summed E-state index contributed by atoms with van der Waals surface area (Å²) in [6.07, 6.45) is 0. The van der Waals surface area contributed by atoms with Gasteiger partial charge in [-0.3, -0.25) is 0 Å². The first-order valence-corrected chi connectivity index (χ1v) is 4.21. The highest BCUT2D eigenvalue weighted by Crippen LogP contribution is 2.18. The number of rotatable bonds is 0. The Morgan fingerprint density at radius 3 is 2.58 bits per heavy atom. The van der Waals surface area contributed by atoms with Gasteiger partial charge in [-0.25, -0.2) is 0 Å². The van der Waals surface area contributed by atoms with Crippen molar-refractivity contribution in [3.8, 4) is 0 Å². The van der Waals surface area contributed by atoms with Crippen LogP contribution in [-0.4, -0.2) is 4.57 Å². The molecule has 0 aliphatic carbocycles. The van der Waals surface area contributed by atoms with Crippen molar-refractivity contribution in [2.45, 2.75) is 13.8 Å². The Hall–Kier alpha value is -1.24. The van der Waals surface area contributed by atoms with Crippen molar-refractivity contribution in [1.29, 1.82) is 0 Å². The fourth-order valence-electron chi connectivity index (χ4n) is 1.58. The number of aryl methyl sites for hydroxylation is 3. The molecular formula is C11H13N. The summed E-state index contributed by atoms with van der Waals surface area (Å²) in [5.74, 6) is 0. The van der Waals surface area contributed by atoms with Crippen molar-refractivity contribution >= 4 is 10.9 Å². The minimum atomic E-state index is 1.32. The molecule has 2 rings (SSSR count). The molecule has 0 aliphatic rings. The van der Waals surface area contributed by atoms with Crippen LogP contribution < -0.4 is 0 Å². The smallest absolute Gasteiger partial charge is 0.0482 e. The van der Waals surface area contributed by atoms with Gasteiger partial charge in [0.05, 0.1) is 0 Å². The molecule has 0 aliphatic heterocycles. The predicted molar refractivity (Wildman–Crippen MR) is 52.4 cm³/mol. The van der Waals surface area contributed by atoms with Gasteiger partial charge in [-0.05, 0) is 36.9 Å². The van der Waals surface area contributed by atoms with Gasteiger partial charge in [-0.1, -0.05) is 12.1 Å². The van der Waals surface area contributed by atoms with Crippen LogP contribution in [0.15, 0.2) is 24.3 Å². The largest absolute Gasteiger partial charge is 0.348 e. The monoisotopic (exact) mass is 159 g/mol. The topological polar surface area (TPSA) is 4.93 Å². The number of hydrogen-bond donors (Lipinski definition) is 0. The lowest BCUT2D eigenvalue weighted by molar-refractivity contribution is 0.917. The summed E-state index contributed by atoms with van der Waals surface area (Å²) >= 11 is 0. The fourth-order valence-corrected chi connectivity index (χ4v) is 1.58. The average Bonchev–Trinajstić information content (AvgIpc) is 2.31. The van der Waals surface area contributed by atoms with E-state index in [9.17, 15) is 0 Å². The van der Waals surface area contributed by atoms with Crippen molar-refractivity contribution in [2.24, 2.45) is 7.05 Å². The van der Waals surface area contributed by atoms with Gasteiger partial charge in [0, 0.05) is 18.3 Å². The molecule has 62 valence electrons. The van der Waals surface area contributed by atoms with Gasteiger partial charge in [0.1, 0.15) is 0 Å². The van der Waals surface area contributed by atoms with E-state index >= 15 is 0 Å². The van der Waals surface area contributed by atoms with Crippen molar-refractivity contribution in [1.82, 2.24) is 4.57 Å². The highest BCUT2D eigenvalue weighted by atomic mass is 14.9. The van der Waals surface area contributed by atoms with Crippen LogP contribution >= 0.6 is 0 Å². The molecular weight excluding hydrogens is 146 g/mol. The molecule has 1 nitrogen and oxygen atoms in total. The molecule has 0 saturated carbocycles. The second-order valence-corrected chi connectivity index (χ2v) is 3.41. The number of fused-ring (bicyclic) bond motifs is 1. The van der Waals surface area contributed by atoms with Crippen LogP contribution in [0, 0.1) is 13.8 Å². The van der Waals surface area contributed by atoms with E-state index in [2.05, 4.69) is 49.7 Å². The molecule has 0 spiro atoms. The Morgan fingerprint density at radius 2 is 1.83 bits per heavy atom. The molecule has 2 aromatic rings. The zero-order valence-electron chi connectivity index (χ0n) is 7.76. The molecule has 0 atom stereocenters. The maximum absolute atomic E-state index is 2.22. The number of benzene rings is 1. The van der Waals surface area contributed by atoms with Gasteiger partial charge in [0.15, 0.2) is 0 Å². The van der Waals surface area contributed by atoms with Crippen LogP contribution in [0.4, 0.5) is 0 Å². The van der Waals surface area contributed by atoms with E-state index in [0.717, 1.165) is 0 Å². The Kier molecular flexibility index (Phi) is 1.47. The number of aromatic nitrogens is 1. The van der Waals surface area contributed by atoms with Gasteiger partial charge < -0.3 is 4.57 Å². The van der Waals surface area contributed by atoms with Crippen LogP contribution in [0.1, 0.15) is 11.3 Å². The summed E-state index contributed by atoms with van der Waals surface area (Å²) in [4.78, 5) is 0. The zero-order chi connectivity index (χ0) is 8.72. The molecule has 0 radical (unpaired) electrons. The second kappa shape index (κ2) is 2.37. The van der Waals surface area contributed by atoms with Gasteiger partial charge in [0.2, 0.25) is 0 Å². The molecule has 0 N–H and O–H groups in total. The molecule has 1 heterocycles. The van der Waals surface area contributed by atoms with Crippen LogP contribution in [0.2, 0.25) is 0 Å². The standard InChI is InChI=1S/C11H13N/c1-8-4-5-10-7-9(2)12(3)11(10)6-8/h4-7H,1-3H3. The first kappa shape index (κ1) is 7.41. The maximum atomic E-state index is 2.22. The maximum Gasteiger partial charge on any atom is 0.0482 e. The van der Waals surface area contributed by atoms with Gasteiger partial charge in [0.25, 0.3) is 0 Å². The Morgan fingerprint density at radius 1 is 1.08 bits per heavy atom. The van der Waals surface area contributed by atoms with Crippen LogP contribution in [-0.2, 0) is 7.05 Å². The molecule has 1 aromatic heterocycles. The molecule has 1 heteroatoms. The van der Waals surface area contributed by atoms with Crippen LogP contribution in [0.25, 0.3) is 10.9 Å². The summed E-state index contributed by atoms with van der Waals surface area (Å²) in [6, 6.07) is 8.77. The van der Waals surface area contributed by atoms with E-state index in [1.165, 1.54) is 22.2 Å². The zero-order valence-corrected chi connectivity index (χ0v) is 7.76. The molecule has 0 bridgehead atoms. The molecule has 0 fully saturated rings. The van der Waals surface area contributed by atoms with Gasteiger partial charge in [-0.2, -0.15) is 0 Å². The minimum absolute atomic E-state index is 1.32. The first-order valence-electron chi connectivity index (χ1n) is 4.21. The normalized spacial score (nSPS) is 10.9. The number of nitrogens with zero attached hydrogens (tertiary/aromatic N) is 1. The van der Waals surface area contributed by atoms with Crippen molar-refractivity contribution in [2.75, 3.05) is 0 Å². The van der Waals surface area contributed by atoms with Crippen molar-refractivity contribution in [3.05, 3.63) is 35.5 Å². The van der Waals surface area contributed by atoms with Crippen molar-refractivity contribution in [3.63, 3.8) is 0 Å². The van der Waals surface area contributed by atoms with E-state index in [1.54, 1.807) is 0 Å². The lowest BCUT2D eigenvalue weighted by atomic mass is 10.2. The minimum Gasteiger partial charge on any atom is -0.348 e. The number of hydrogen-bond acceptors (Lipinski definition) is 0. The predicted octanol–water partition coefficient (Wildman–Crippen LogP) is 2.80. The van der Waals surface area contributed by atoms with E-state index in [4.69, 9.17) is 0 Å². The lowest BCUT2D eigenvalue weighted by Crippen LogP contribution is -1.89. The Labute approximate surface area is 72.6 Å². The Balaban J connectivity index is 2.88. The second-order valence-electron chi connectivity index (χ2n) is 3.41. The van der Waals surface area contributed by atoms with E-state index in [1.807, 2.05) is 0 Å². The highest BCUT2D eigenvalue weighted by Gasteiger charge is 2.00. The van der Waals surface area contributed by atoms with E-state index < -0.39 is 0 Å². The summed E-state index contributed by atoms with van der Waals surface area (Å²) in [7, 11) is 2.11. The SMILES string of the molecule is Cc1ccc2cc(C)n(C)c2c1. The summed E-state index contributed by atoms with van der Waals surface area (Å²) in [6.45, 7) is 4.26. The van der Waals surface area contributed by atoms with Gasteiger partial charge >= 0.3 is 0 Å². The third-order valence-corrected chi connectivity index (χ3v) is 2.44. The first-order chi connectivity index (χ1) is 5.68. The molecule has 1 aromatic carbocycles. The van der Waals surface area contributed by atoms with Gasteiger partial charge in [-0.15, -0.1) is 0 Å². The highest BCUT2D eigenvalue weighted by molar-refractivity contribution is 5.81. The summed E-state index contributed by atoms with van der Waals surface area (Å²) < 4.78 is 2.22. The molecule has 0 amide bonds. The molecule has 0 unspecified atom stereocenters. The van der Waals surface area contributed by atoms with E-state index in [0.29, 0.717) is 0 Å². The van der Waals surface area contributed by atoms with Crippen LogP contribution in [0.3, 0.4) is 0 Å². The third-order valence-electron chi connectivity index (χ3n) is 2.44. The van der Waals surface area contributed by atoms with E-state index in [-0.39, 0.29) is 0 Å². The average molecular weight is 159 g/mol. The summed E-state index contributed by atoms with van der Waals surface area (Å²) in [5, 5.41) is 1.33. The quantitative estimate of drug-likeness (QED) is 0.557. The summed E-state index contributed by atoms with van der Waals surface area (Å²) in [5.41, 5.74) is 3.96. The molecule has 12 heavy (non-hydrogen) atoms. The third kappa shape index (κ3) is 0.934. The lowest BCUT2D eigenvalue weighted by Gasteiger charge is -1.98. The van der Waals surface area contributed by atoms with Crippen LogP contribution in [0.5, 0.6) is 0 Å². The Bertz CT molecular complexity index is 424. The van der Waals surface area contributed by atoms with Crippen molar-refractivity contribution < 1.29 is 0 Å².